The molecule has 0 amide bonds. The summed E-state index contributed by atoms with van der Waals surface area (Å²) < 4.78 is 0. The summed E-state index contributed by atoms with van der Waals surface area (Å²) in [7, 11) is 0. The molecule has 21 heavy (non-hydrogen) atoms. The molecule has 1 saturated heterocycles. The number of rotatable bonds is 4. The molecule has 1 aliphatic carbocycles. The third-order valence-corrected chi connectivity index (χ3v) is 4.77. The van der Waals surface area contributed by atoms with Gasteiger partial charge >= 0.3 is 0 Å². The van der Waals surface area contributed by atoms with Gasteiger partial charge in [0.05, 0.1) is 11.3 Å². The van der Waals surface area contributed by atoms with Gasteiger partial charge in [-0.2, -0.15) is 5.10 Å². The molecule has 0 aromatic carbocycles. The molecule has 2 aliphatic rings. The maximum Gasteiger partial charge on any atom is 0.161 e. The Morgan fingerprint density at radius 2 is 1.86 bits per heavy atom. The van der Waals surface area contributed by atoms with Crippen molar-refractivity contribution in [3.8, 4) is 0 Å². The zero-order chi connectivity index (χ0) is 15.0. The zero-order valence-corrected chi connectivity index (χ0v) is 13.6. The van der Waals surface area contributed by atoms with E-state index in [1.165, 1.54) is 19.4 Å². The predicted molar refractivity (Wildman–Crippen MR) is 88.8 cm³/mol. The smallest absolute Gasteiger partial charge is 0.161 e. The van der Waals surface area contributed by atoms with Crippen LogP contribution in [0.1, 0.15) is 29.7 Å². The average Bonchev–Trinajstić information content (AvgIpc) is 3.26. The Morgan fingerprint density at radius 1 is 1.19 bits per heavy atom. The van der Waals surface area contributed by atoms with E-state index in [4.69, 9.17) is 18.0 Å². The van der Waals surface area contributed by atoms with Crippen LogP contribution in [0.5, 0.6) is 0 Å². The van der Waals surface area contributed by atoms with Crippen LogP contribution in [0, 0.1) is 19.8 Å². The van der Waals surface area contributed by atoms with E-state index in [1.54, 1.807) is 0 Å². The van der Waals surface area contributed by atoms with Gasteiger partial charge in [-0.1, -0.05) is 12.2 Å². The van der Waals surface area contributed by atoms with Gasteiger partial charge in [-0.05, 0) is 38.2 Å². The van der Waals surface area contributed by atoms with Gasteiger partial charge in [0.1, 0.15) is 4.99 Å². The molecule has 2 heterocycles. The van der Waals surface area contributed by atoms with Crippen LogP contribution in [0.3, 0.4) is 0 Å². The SMILES string of the molecule is Cc1nnc(N2CCN(CC3CC3)CC2)c(C(N)=S)c1C. The van der Waals surface area contributed by atoms with Gasteiger partial charge in [0.15, 0.2) is 5.82 Å². The second-order valence-electron chi connectivity index (χ2n) is 6.20. The standard InChI is InChI=1S/C15H23N5S/c1-10-11(2)17-18-15(13(10)14(16)21)20-7-5-19(6-8-20)9-12-3-4-12/h12H,3-9H2,1-2H3,(H2,16,21). The molecule has 1 aliphatic heterocycles. The summed E-state index contributed by atoms with van der Waals surface area (Å²) >= 11 is 5.23. The Balaban J connectivity index is 1.75. The Hall–Kier alpha value is -1.27. The third kappa shape index (κ3) is 3.16. The first-order chi connectivity index (χ1) is 10.1. The van der Waals surface area contributed by atoms with Crippen molar-refractivity contribution < 1.29 is 0 Å². The summed E-state index contributed by atoms with van der Waals surface area (Å²) in [6, 6.07) is 0. The number of aromatic nitrogens is 2. The highest BCUT2D eigenvalue weighted by Gasteiger charge is 2.28. The molecule has 3 rings (SSSR count). The van der Waals surface area contributed by atoms with Crippen LogP contribution in [-0.2, 0) is 0 Å². The van der Waals surface area contributed by atoms with Crippen LogP contribution in [-0.4, -0.2) is 52.8 Å². The molecule has 1 saturated carbocycles. The molecule has 0 bridgehead atoms. The van der Waals surface area contributed by atoms with Crippen molar-refractivity contribution in [1.29, 1.82) is 0 Å². The highest BCUT2D eigenvalue weighted by molar-refractivity contribution is 7.80. The number of aryl methyl sites for hydroxylation is 1. The number of hydrogen-bond donors (Lipinski definition) is 1. The largest absolute Gasteiger partial charge is 0.389 e. The minimum atomic E-state index is 0.418. The summed E-state index contributed by atoms with van der Waals surface area (Å²) in [4.78, 5) is 5.25. The number of thiocarbonyl (C=S) groups is 1. The van der Waals surface area contributed by atoms with E-state index in [-0.39, 0.29) is 0 Å². The zero-order valence-electron chi connectivity index (χ0n) is 12.8. The molecule has 6 heteroatoms. The molecular weight excluding hydrogens is 282 g/mol. The summed E-state index contributed by atoms with van der Waals surface area (Å²) in [5.41, 5.74) is 8.76. The molecule has 0 unspecified atom stereocenters. The van der Waals surface area contributed by atoms with Crippen molar-refractivity contribution in [2.45, 2.75) is 26.7 Å². The molecular formula is C15H23N5S. The van der Waals surface area contributed by atoms with E-state index >= 15 is 0 Å². The van der Waals surface area contributed by atoms with E-state index in [1.807, 2.05) is 13.8 Å². The van der Waals surface area contributed by atoms with Crippen molar-refractivity contribution in [3.63, 3.8) is 0 Å². The van der Waals surface area contributed by atoms with Crippen LogP contribution < -0.4 is 10.6 Å². The molecule has 0 atom stereocenters. The summed E-state index contributed by atoms with van der Waals surface area (Å²) in [5, 5.41) is 8.63. The fraction of sp³-hybridized carbons (Fsp3) is 0.667. The highest BCUT2D eigenvalue weighted by Crippen LogP contribution is 2.30. The summed E-state index contributed by atoms with van der Waals surface area (Å²) in [6.07, 6.45) is 2.82. The monoisotopic (exact) mass is 305 g/mol. The Kier molecular flexibility index (Phi) is 4.08. The maximum absolute atomic E-state index is 5.92. The van der Waals surface area contributed by atoms with Gasteiger partial charge in [0, 0.05) is 32.7 Å². The molecule has 114 valence electrons. The number of nitrogens with two attached hydrogens (primary N) is 1. The molecule has 1 aromatic rings. The lowest BCUT2D eigenvalue weighted by Crippen LogP contribution is -2.48. The topological polar surface area (TPSA) is 58.3 Å². The van der Waals surface area contributed by atoms with E-state index in [0.717, 1.165) is 54.7 Å². The third-order valence-electron chi connectivity index (χ3n) is 4.57. The van der Waals surface area contributed by atoms with Gasteiger partial charge in [-0.25, -0.2) is 0 Å². The molecule has 2 N–H and O–H groups in total. The fourth-order valence-corrected chi connectivity index (χ4v) is 3.16. The van der Waals surface area contributed by atoms with E-state index in [9.17, 15) is 0 Å². The maximum atomic E-state index is 5.92. The lowest BCUT2D eigenvalue weighted by Gasteiger charge is -2.36. The normalized spacial score (nSPS) is 19.8. The molecule has 0 spiro atoms. The van der Waals surface area contributed by atoms with Gasteiger partial charge in [-0.15, -0.1) is 5.10 Å². The molecule has 1 aromatic heterocycles. The fourth-order valence-electron chi connectivity index (χ4n) is 2.92. The predicted octanol–water partition coefficient (Wildman–Crippen LogP) is 1.26. The van der Waals surface area contributed by atoms with Crippen molar-refractivity contribution >= 4 is 23.0 Å². The minimum Gasteiger partial charge on any atom is -0.389 e. The van der Waals surface area contributed by atoms with Gasteiger partial charge in [0.25, 0.3) is 0 Å². The summed E-state index contributed by atoms with van der Waals surface area (Å²) in [6.45, 7) is 9.34. The van der Waals surface area contributed by atoms with Crippen LogP contribution >= 0.6 is 12.2 Å². The quantitative estimate of drug-likeness (QED) is 0.845. The van der Waals surface area contributed by atoms with Crippen LogP contribution in [0.15, 0.2) is 0 Å². The molecule has 5 nitrogen and oxygen atoms in total. The lowest BCUT2D eigenvalue weighted by atomic mass is 10.1. The van der Waals surface area contributed by atoms with Crippen molar-refractivity contribution in [2.75, 3.05) is 37.6 Å². The van der Waals surface area contributed by atoms with Crippen LogP contribution in [0.25, 0.3) is 0 Å². The number of nitrogens with zero attached hydrogens (tertiary/aromatic N) is 4. The van der Waals surface area contributed by atoms with Gasteiger partial charge in [-0.3, -0.25) is 4.90 Å². The van der Waals surface area contributed by atoms with Crippen LogP contribution in [0.4, 0.5) is 5.82 Å². The van der Waals surface area contributed by atoms with E-state index < -0.39 is 0 Å². The second kappa shape index (κ2) is 5.85. The molecule has 0 radical (unpaired) electrons. The molecule has 2 fully saturated rings. The second-order valence-corrected chi connectivity index (χ2v) is 6.64. The first kappa shape index (κ1) is 14.7. The summed E-state index contributed by atoms with van der Waals surface area (Å²) in [5.74, 6) is 1.81. The Morgan fingerprint density at radius 3 is 2.43 bits per heavy atom. The van der Waals surface area contributed by atoms with Crippen molar-refractivity contribution in [3.05, 3.63) is 16.8 Å². The van der Waals surface area contributed by atoms with E-state index in [2.05, 4.69) is 20.0 Å². The van der Waals surface area contributed by atoms with Crippen LogP contribution in [0.2, 0.25) is 0 Å². The van der Waals surface area contributed by atoms with Crippen molar-refractivity contribution in [1.82, 2.24) is 15.1 Å². The van der Waals surface area contributed by atoms with Gasteiger partial charge < -0.3 is 10.6 Å². The first-order valence-electron chi connectivity index (χ1n) is 7.67. The Bertz CT molecular complexity index is 547. The Labute approximate surface area is 131 Å². The van der Waals surface area contributed by atoms with Gasteiger partial charge in [0.2, 0.25) is 0 Å². The average molecular weight is 305 g/mol. The number of anilines is 1. The van der Waals surface area contributed by atoms with Crippen molar-refractivity contribution in [2.24, 2.45) is 11.7 Å². The number of hydrogen-bond acceptors (Lipinski definition) is 5. The number of piperazine rings is 1. The van der Waals surface area contributed by atoms with E-state index in [0.29, 0.717) is 4.99 Å². The first-order valence-corrected chi connectivity index (χ1v) is 8.08. The highest BCUT2D eigenvalue weighted by atomic mass is 32.1. The minimum absolute atomic E-state index is 0.418. The lowest BCUT2D eigenvalue weighted by molar-refractivity contribution is 0.247.